The summed E-state index contributed by atoms with van der Waals surface area (Å²) in [5.74, 6) is -0.437. The number of esters is 1. The molecule has 80 valence electrons. The molecule has 0 aliphatic carbocycles. The van der Waals surface area contributed by atoms with Crippen molar-refractivity contribution in [2.75, 3.05) is 0 Å². The van der Waals surface area contributed by atoms with Gasteiger partial charge >= 0.3 is 5.97 Å². The van der Waals surface area contributed by atoms with Crippen LogP contribution in [0.1, 0.15) is 15.9 Å². The third-order valence-corrected chi connectivity index (χ3v) is 2.99. The number of hydrogen-bond acceptors (Lipinski definition) is 2. The second-order valence-electron chi connectivity index (χ2n) is 3.30. The Bertz CT molecular complexity index is 398. The van der Waals surface area contributed by atoms with E-state index in [1.54, 1.807) is 12.1 Å². The lowest BCUT2D eigenvalue weighted by atomic mass is 9.99. The van der Waals surface area contributed by atoms with Crippen molar-refractivity contribution < 1.29 is 9.53 Å². The highest BCUT2D eigenvalue weighted by Gasteiger charge is 2.39. The molecule has 1 heterocycles. The standard InChI is InChI=1S/C10H7Cl3O2/c11-10(12,13)8-5-6-3-1-2-4-7(6)9(14)15-8/h1-4,8H,5H2. The molecule has 1 aromatic carbocycles. The van der Waals surface area contributed by atoms with Crippen LogP contribution in [0.2, 0.25) is 0 Å². The maximum Gasteiger partial charge on any atom is 0.338 e. The number of rotatable bonds is 0. The van der Waals surface area contributed by atoms with Crippen molar-refractivity contribution in [1.82, 2.24) is 0 Å². The van der Waals surface area contributed by atoms with Crippen molar-refractivity contribution >= 4 is 40.8 Å². The molecule has 0 saturated carbocycles. The molecule has 0 amide bonds. The van der Waals surface area contributed by atoms with Gasteiger partial charge in [0.1, 0.15) is 0 Å². The lowest BCUT2D eigenvalue weighted by Gasteiger charge is -2.29. The van der Waals surface area contributed by atoms with Gasteiger partial charge in [0, 0.05) is 6.42 Å². The highest BCUT2D eigenvalue weighted by atomic mass is 35.6. The molecule has 1 unspecified atom stereocenters. The zero-order chi connectivity index (χ0) is 11.1. The molecule has 1 aromatic rings. The molecule has 2 rings (SSSR count). The van der Waals surface area contributed by atoms with Crippen LogP contribution in [0.5, 0.6) is 0 Å². The van der Waals surface area contributed by atoms with Crippen LogP contribution in [-0.4, -0.2) is 15.9 Å². The van der Waals surface area contributed by atoms with Gasteiger partial charge in [0.25, 0.3) is 0 Å². The van der Waals surface area contributed by atoms with Gasteiger partial charge in [-0.2, -0.15) is 0 Å². The Balaban J connectivity index is 2.35. The molecule has 15 heavy (non-hydrogen) atoms. The maximum atomic E-state index is 11.5. The Morgan fingerprint density at radius 2 is 1.93 bits per heavy atom. The SMILES string of the molecule is O=C1OC(C(Cl)(Cl)Cl)Cc2ccccc21. The Labute approximate surface area is 102 Å². The molecule has 0 fully saturated rings. The molecule has 0 radical (unpaired) electrons. The molecule has 2 nitrogen and oxygen atoms in total. The molecule has 1 aliphatic heterocycles. The van der Waals surface area contributed by atoms with Crippen LogP contribution in [0.4, 0.5) is 0 Å². The molecule has 0 bridgehead atoms. The van der Waals surface area contributed by atoms with Gasteiger partial charge in [-0.1, -0.05) is 53.0 Å². The highest BCUT2D eigenvalue weighted by Crippen LogP contribution is 2.37. The summed E-state index contributed by atoms with van der Waals surface area (Å²) in [5, 5.41) is 0. The minimum atomic E-state index is -1.58. The highest BCUT2D eigenvalue weighted by molar-refractivity contribution is 6.68. The van der Waals surface area contributed by atoms with Crippen LogP contribution in [0.3, 0.4) is 0 Å². The van der Waals surface area contributed by atoms with E-state index in [1.807, 2.05) is 12.1 Å². The Morgan fingerprint density at radius 1 is 1.27 bits per heavy atom. The third kappa shape index (κ3) is 2.22. The summed E-state index contributed by atoms with van der Waals surface area (Å²) >= 11 is 17.1. The van der Waals surface area contributed by atoms with E-state index in [1.165, 1.54) is 0 Å². The summed E-state index contributed by atoms with van der Waals surface area (Å²) in [7, 11) is 0. The van der Waals surface area contributed by atoms with Gasteiger partial charge < -0.3 is 4.74 Å². The lowest BCUT2D eigenvalue weighted by molar-refractivity contribution is 0.0267. The fourth-order valence-electron chi connectivity index (χ4n) is 1.51. The average molecular weight is 266 g/mol. The van der Waals surface area contributed by atoms with Crippen LogP contribution < -0.4 is 0 Å². The Morgan fingerprint density at radius 3 is 2.60 bits per heavy atom. The lowest BCUT2D eigenvalue weighted by Crippen LogP contribution is -2.37. The van der Waals surface area contributed by atoms with Crippen molar-refractivity contribution in [3.05, 3.63) is 35.4 Å². The van der Waals surface area contributed by atoms with Gasteiger partial charge in [0.05, 0.1) is 5.56 Å². The number of carbonyl (C=O) groups is 1. The van der Waals surface area contributed by atoms with E-state index < -0.39 is 15.9 Å². The Hall–Kier alpha value is -0.440. The third-order valence-electron chi connectivity index (χ3n) is 2.26. The number of hydrogen-bond donors (Lipinski definition) is 0. The van der Waals surface area contributed by atoms with Gasteiger partial charge in [-0.3, -0.25) is 0 Å². The number of ether oxygens (including phenoxy) is 1. The van der Waals surface area contributed by atoms with E-state index in [2.05, 4.69) is 0 Å². The minimum Gasteiger partial charge on any atom is -0.454 e. The quantitative estimate of drug-likeness (QED) is 0.532. The first-order valence-electron chi connectivity index (χ1n) is 4.34. The van der Waals surface area contributed by atoms with E-state index in [0.29, 0.717) is 12.0 Å². The molecule has 0 saturated heterocycles. The van der Waals surface area contributed by atoms with Crippen LogP contribution in [0, 0.1) is 0 Å². The molecule has 0 N–H and O–H groups in total. The smallest absolute Gasteiger partial charge is 0.338 e. The van der Waals surface area contributed by atoms with Gasteiger partial charge in [0.15, 0.2) is 6.10 Å². The predicted octanol–water partition coefficient (Wildman–Crippen LogP) is 3.14. The zero-order valence-electron chi connectivity index (χ0n) is 7.54. The van der Waals surface area contributed by atoms with Gasteiger partial charge in [-0.05, 0) is 11.6 Å². The van der Waals surface area contributed by atoms with Crippen molar-refractivity contribution in [1.29, 1.82) is 0 Å². The summed E-state index contributed by atoms with van der Waals surface area (Å²) in [6.07, 6.45) is -0.289. The second-order valence-corrected chi connectivity index (χ2v) is 5.67. The summed E-state index contributed by atoms with van der Waals surface area (Å²) in [6, 6.07) is 7.15. The first kappa shape index (κ1) is 11.1. The fourth-order valence-corrected chi connectivity index (χ4v) is 1.88. The predicted molar refractivity (Wildman–Crippen MR) is 59.6 cm³/mol. The number of carbonyl (C=O) groups excluding carboxylic acids is 1. The Kier molecular flexibility index (Phi) is 2.84. The zero-order valence-corrected chi connectivity index (χ0v) is 9.81. The summed E-state index contributed by atoms with van der Waals surface area (Å²) in [4.78, 5) is 11.5. The molecular formula is C10H7Cl3O2. The number of cyclic esters (lactones) is 1. The van der Waals surface area contributed by atoms with E-state index >= 15 is 0 Å². The van der Waals surface area contributed by atoms with Crippen LogP contribution in [0.15, 0.2) is 24.3 Å². The van der Waals surface area contributed by atoms with Gasteiger partial charge in [0.2, 0.25) is 3.79 Å². The number of halogens is 3. The molecule has 1 atom stereocenters. The number of fused-ring (bicyclic) bond motifs is 1. The molecule has 1 aliphatic rings. The summed E-state index contributed by atoms with van der Waals surface area (Å²) in [5.41, 5.74) is 1.40. The van der Waals surface area contributed by atoms with Crippen molar-refractivity contribution in [3.63, 3.8) is 0 Å². The van der Waals surface area contributed by atoms with Crippen LogP contribution in [0.25, 0.3) is 0 Å². The van der Waals surface area contributed by atoms with E-state index in [-0.39, 0.29) is 0 Å². The van der Waals surface area contributed by atoms with Crippen LogP contribution >= 0.6 is 34.8 Å². The summed E-state index contributed by atoms with van der Waals surface area (Å²) < 4.78 is 3.46. The van der Waals surface area contributed by atoms with Crippen LogP contribution in [-0.2, 0) is 11.2 Å². The normalized spacial score (nSPS) is 20.7. The average Bonchev–Trinajstić information content (AvgIpc) is 2.16. The minimum absolute atomic E-state index is 0.429. The number of alkyl halides is 3. The van der Waals surface area contributed by atoms with E-state index in [9.17, 15) is 4.79 Å². The van der Waals surface area contributed by atoms with Crippen molar-refractivity contribution in [2.24, 2.45) is 0 Å². The van der Waals surface area contributed by atoms with Crippen molar-refractivity contribution in [2.45, 2.75) is 16.3 Å². The van der Waals surface area contributed by atoms with Gasteiger partial charge in [-0.25, -0.2) is 4.79 Å². The fraction of sp³-hybridized carbons (Fsp3) is 0.300. The first-order chi connectivity index (χ1) is 6.98. The van der Waals surface area contributed by atoms with Crippen molar-refractivity contribution in [3.8, 4) is 0 Å². The molecular weight excluding hydrogens is 258 g/mol. The molecule has 0 aromatic heterocycles. The van der Waals surface area contributed by atoms with E-state index in [0.717, 1.165) is 5.56 Å². The maximum absolute atomic E-state index is 11.5. The summed E-state index contributed by atoms with van der Waals surface area (Å²) in [6.45, 7) is 0. The van der Waals surface area contributed by atoms with Gasteiger partial charge in [-0.15, -0.1) is 0 Å². The topological polar surface area (TPSA) is 26.3 Å². The molecule has 0 spiro atoms. The largest absolute Gasteiger partial charge is 0.454 e. The molecule has 5 heteroatoms. The number of benzene rings is 1. The first-order valence-corrected chi connectivity index (χ1v) is 5.47. The van der Waals surface area contributed by atoms with E-state index in [4.69, 9.17) is 39.5 Å². The second kappa shape index (κ2) is 3.85. The monoisotopic (exact) mass is 264 g/mol.